The number of nitrogens with zero attached hydrogens (tertiary/aromatic N) is 1. The molecule has 0 spiro atoms. The van der Waals surface area contributed by atoms with Crippen molar-refractivity contribution < 1.29 is 29.0 Å². The van der Waals surface area contributed by atoms with Crippen molar-refractivity contribution in [2.75, 3.05) is 13.7 Å². The minimum atomic E-state index is -0.906. The molecular weight excluding hydrogens is 398 g/mol. The maximum Gasteiger partial charge on any atom is 0.306 e. The molecule has 7 heteroatoms. The molecule has 1 fully saturated rings. The number of piperidine rings is 1. The number of hydroxylamine groups is 2. The predicted molar refractivity (Wildman–Crippen MR) is 120 cm³/mol. The molecule has 1 aliphatic heterocycles. The summed E-state index contributed by atoms with van der Waals surface area (Å²) in [5, 5.41) is 12.0. The van der Waals surface area contributed by atoms with Gasteiger partial charge < -0.3 is 14.6 Å². The van der Waals surface area contributed by atoms with Gasteiger partial charge in [-0.3, -0.25) is 14.4 Å². The Balaban J connectivity index is 2.34. The van der Waals surface area contributed by atoms with Crippen molar-refractivity contribution in [1.29, 1.82) is 0 Å². The number of rotatable bonds is 13. The summed E-state index contributed by atoms with van der Waals surface area (Å²) in [4.78, 5) is 29.4. The predicted octanol–water partition coefficient (Wildman–Crippen LogP) is 4.55. The van der Waals surface area contributed by atoms with Gasteiger partial charge in [-0.15, -0.1) is 0 Å². The molecule has 0 atom stereocenters. The second-order valence-electron chi connectivity index (χ2n) is 10.7. The van der Waals surface area contributed by atoms with Crippen molar-refractivity contribution in [1.82, 2.24) is 5.06 Å². The Hall–Kier alpha value is -1.18. The van der Waals surface area contributed by atoms with E-state index in [0.717, 1.165) is 38.5 Å². The molecule has 0 aliphatic carbocycles. The fourth-order valence-electron chi connectivity index (χ4n) is 4.42. The van der Waals surface area contributed by atoms with Crippen LogP contribution in [0.2, 0.25) is 0 Å². The normalized spacial score (nSPS) is 19.2. The molecule has 1 saturated heterocycles. The summed E-state index contributed by atoms with van der Waals surface area (Å²) in [6.07, 6.45) is 7.99. The highest BCUT2D eigenvalue weighted by Gasteiger charge is 2.48. The Kier molecular flexibility index (Phi) is 10.9. The van der Waals surface area contributed by atoms with E-state index in [1.807, 2.05) is 5.06 Å². The number of unbranched alkanes of at least 4 members (excludes halogenated alkanes) is 5. The third kappa shape index (κ3) is 10.8. The number of carbonyl (C=O) groups is 2. The van der Waals surface area contributed by atoms with Gasteiger partial charge in [-0.25, -0.2) is 0 Å². The van der Waals surface area contributed by atoms with Crippen LogP contribution in [-0.4, -0.2) is 58.6 Å². The zero-order valence-electron chi connectivity index (χ0n) is 20.8. The molecule has 0 saturated carbocycles. The lowest BCUT2D eigenvalue weighted by Crippen LogP contribution is -2.62. The van der Waals surface area contributed by atoms with Gasteiger partial charge in [0, 0.05) is 36.8 Å². The number of ether oxygens (including phenoxy) is 2. The van der Waals surface area contributed by atoms with Crippen LogP contribution in [0, 0.1) is 0 Å². The van der Waals surface area contributed by atoms with Gasteiger partial charge in [0.15, 0.2) is 0 Å². The quantitative estimate of drug-likeness (QED) is 0.330. The van der Waals surface area contributed by atoms with Crippen LogP contribution in [0.3, 0.4) is 0 Å². The second kappa shape index (κ2) is 12.2. The topological polar surface area (TPSA) is 85.3 Å². The lowest BCUT2D eigenvalue weighted by atomic mass is 9.80. The van der Waals surface area contributed by atoms with Gasteiger partial charge in [-0.2, -0.15) is 5.06 Å². The molecule has 1 N–H and O–H groups in total. The van der Waals surface area contributed by atoms with Gasteiger partial charge in [0.25, 0.3) is 0 Å². The van der Waals surface area contributed by atoms with E-state index in [4.69, 9.17) is 9.57 Å². The van der Waals surface area contributed by atoms with E-state index in [-0.39, 0.29) is 35.7 Å². The van der Waals surface area contributed by atoms with E-state index in [2.05, 4.69) is 32.4 Å². The fraction of sp³-hybridized carbons (Fsp3) is 0.917. The number of esters is 2. The average molecular weight is 444 g/mol. The molecule has 0 amide bonds. The van der Waals surface area contributed by atoms with Crippen LogP contribution in [0.4, 0.5) is 0 Å². The molecule has 1 rings (SSSR count). The Morgan fingerprint density at radius 1 is 0.903 bits per heavy atom. The summed E-state index contributed by atoms with van der Waals surface area (Å²) in [6, 6.07) is 0. The SMILES string of the molecule is COC(=O)CCCCCCCCC(=O)OC1CC(C)(C)N(OCC(C)(C)O)C(C)(C)C1. The van der Waals surface area contributed by atoms with E-state index < -0.39 is 5.60 Å². The van der Waals surface area contributed by atoms with E-state index in [1.54, 1.807) is 13.8 Å². The van der Waals surface area contributed by atoms with Gasteiger partial charge >= 0.3 is 11.9 Å². The number of aliphatic hydroxyl groups is 1. The van der Waals surface area contributed by atoms with Crippen LogP contribution in [0.15, 0.2) is 0 Å². The first-order valence-electron chi connectivity index (χ1n) is 11.7. The molecular formula is C24H45NO6. The minimum Gasteiger partial charge on any atom is -0.469 e. The largest absolute Gasteiger partial charge is 0.469 e. The molecule has 0 aromatic rings. The molecule has 182 valence electrons. The number of hydrogen-bond donors (Lipinski definition) is 1. The van der Waals surface area contributed by atoms with E-state index in [9.17, 15) is 14.7 Å². The van der Waals surface area contributed by atoms with Crippen molar-refractivity contribution >= 4 is 11.9 Å². The van der Waals surface area contributed by atoms with Crippen LogP contribution in [0.1, 0.15) is 106 Å². The third-order valence-corrected chi connectivity index (χ3v) is 5.64. The first-order valence-corrected chi connectivity index (χ1v) is 11.7. The smallest absolute Gasteiger partial charge is 0.306 e. The zero-order valence-corrected chi connectivity index (χ0v) is 20.8. The Labute approximate surface area is 188 Å². The highest BCUT2D eigenvalue weighted by Crippen LogP contribution is 2.40. The lowest BCUT2D eigenvalue weighted by molar-refractivity contribution is -0.306. The molecule has 31 heavy (non-hydrogen) atoms. The van der Waals surface area contributed by atoms with Crippen molar-refractivity contribution in [3.8, 4) is 0 Å². The van der Waals surface area contributed by atoms with Crippen LogP contribution >= 0.6 is 0 Å². The van der Waals surface area contributed by atoms with Gasteiger partial charge in [0.1, 0.15) is 6.10 Å². The fourth-order valence-corrected chi connectivity index (χ4v) is 4.42. The first kappa shape index (κ1) is 27.9. The van der Waals surface area contributed by atoms with Gasteiger partial charge in [0.05, 0.1) is 19.3 Å². The summed E-state index contributed by atoms with van der Waals surface area (Å²) < 4.78 is 10.4. The Morgan fingerprint density at radius 2 is 1.35 bits per heavy atom. The van der Waals surface area contributed by atoms with Crippen molar-refractivity contribution in [3.63, 3.8) is 0 Å². The van der Waals surface area contributed by atoms with Gasteiger partial charge in [0.2, 0.25) is 0 Å². The molecule has 1 aliphatic rings. The zero-order chi connectivity index (χ0) is 23.7. The van der Waals surface area contributed by atoms with Crippen LogP contribution < -0.4 is 0 Å². The van der Waals surface area contributed by atoms with Gasteiger partial charge in [-0.1, -0.05) is 25.7 Å². The highest BCUT2D eigenvalue weighted by atomic mass is 16.7. The van der Waals surface area contributed by atoms with Gasteiger partial charge in [-0.05, 0) is 54.4 Å². The van der Waals surface area contributed by atoms with E-state index in [1.165, 1.54) is 7.11 Å². The first-order chi connectivity index (χ1) is 14.3. The molecule has 1 heterocycles. The van der Waals surface area contributed by atoms with Crippen molar-refractivity contribution in [2.45, 2.75) is 129 Å². The molecule has 0 aromatic heterocycles. The van der Waals surface area contributed by atoms with E-state index >= 15 is 0 Å². The Bertz CT molecular complexity index is 549. The average Bonchev–Trinajstić information content (AvgIpc) is 2.60. The monoisotopic (exact) mass is 443 g/mol. The Morgan fingerprint density at radius 3 is 1.81 bits per heavy atom. The second-order valence-corrected chi connectivity index (χ2v) is 10.7. The standard InChI is InChI=1S/C24H45NO6/c1-22(2)16-19(17-23(3,4)25(22)30-18-24(5,6)28)31-21(27)15-13-11-9-8-10-12-14-20(26)29-7/h19,28H,8-18H2,1-7H3. The summed E-state index contributed by atoms with van der Waals surface area (Å²) in [7, 11) is 1.42. The van der Waals surface area contributed by atoms with Crippen LogP contribution in [-0.2, 0) is 23.9 Å². The van der Waals surface area contributed by atoms with Crippen LogP contribution in [0.5, 0.6) is 0 Å². The molecule has 0 aromatic carbocycles. The highest BCUT2D eigenvalue weighted by molar-refractivity contribution is 5.69. The molecule has 0 bridgehead atoms. The summed E-state index contributed by atoms with van der Waals surface area (Å²) in [5.74, 6) is -0.281. The third-order valence-electron chi connectivity index (χ3n) is 5.64. The molecule has 0 radical (unpaired) electrons. The maximum absolute atomic E-state index is 12.4. The summed E-state index contributed by atoms with van der Waals surface area (Å²) in [6.45, 7) is 12.0. The minimum absolute atomic E-state index is 0.131. The molecule has 0 unspecified atom stereocenters. The number of hydrogen-bond acceptors (Lipinski definition) is 7. The summed E-state index contributed by atoms with van der Waals surface area (Å²) in [5.41, 5.74) is -1.54. The molecule has 7 nitrogen and oxygen atoms in total. The maximum atomic E-state index is 12.4. The van der Waals surface area contributed by atoms with Crippen LogP contribution in [0.25, 0.3) is 0 Å². The summed E-state index contributed by atoms with van der Waals surface area (Å²) >= 11 is 0. The number of carbonyl (C=O) groups excluding carboxylic acids is 2. The van der Waals surface area contributed by atoms with E-state index in [0.29, 0.717) is 25.7 Å². The van der Waals surface area contributed by atoms with Crippen molar-refractivity contribution in [3.05, 3.63) is 0 Å². The van der Waals surface area contributed by atoms with Crippen molar-refractivity contribution in [2.24, 2.45) is 0 Å². The lowest BCUT2D eigenvalue weighted by Gasteiger charge is -2.53. The number of methoxy groups -OCH3 is 1.